The van der Waals surface area contributed by atoms with Crippen molar-refractivity contribution in [3.05, 3.63) is 22.4 Å². The summed E-state index contributed by atoms with van der Waals surface area (Å²) < 4.78 is 5.52. The summed E-state index contributed by atoms with van der Waals surface area (Å²) in [6.07, 6.45) is 3.94. The van der Waals surface area contributed by atoms with Gasteiger partial charge in [0.25, 0.3) is 5.91 Å². The van der Waals surface area contributed by atoms with Gasteiger partial charge in [0.2, 0.25) is 0 Å². The smallest absolute Gasteiger partial charge is 0.317 e. The zero-order chi connectivity index (χ0) is 20.9. The lowest BCUT2D eigenvalue weighted by Gasteiger charge is -2.38. The molecule has 0 saturated carbocycles. The van der Waals surface area contributed by atoms with E-state index < -0.39 is 0 Å². The lowest BCUT2D eigenvalue weighted by atomic mass is 9.97. The van der Waals surface area contributed by atoms with Crippen molar-refractivity contribution in [1.29, 1.82) is 0 Å². The second kappa shape index (κ2) is 10.1. The number of amides is 3. The third kappa shape index (κ3) is 5.15. The predicted octanol–water partition coefficient (Wildman–Crippen LogP) is 2.55. The number of carbonyl (C=O) groups is 2. The highest BCUT2D eigenvalue weighted by atomic mass is 32.1. The van der Waals surface area contributed by atoms with E-state index in [-0.39, 0.29) is 24.1 Å². The van der Waals surface area contributed by atoms with Crippen LogP contribution in [-0.2, 0) is 9.53 Å². The molecule has 0 spiro atoms. The van der Waals surface area contributed by atoms with Gasteiger partial charge in [-0.2, -0.15) is 0 Å². The molecule has 8 heteroatoms. The van der Waals surface area contributed by atoms with Gasteiger partial charge in [0.15, 0.2) is 0 Å². The van der Waals surface area contributed by atoms with E-state index in [9.17, 15) is 9.59 Å². The van der Waals surface area contributed by atoms with Crippen LogP contribution in [0.3, 0.4) is 0 Å². The number of urea groups is 1. The van der Waals surface area contributed by atoms with Gasteiger partial charge in [-0.25, -0.2) is 4.79 Å². The van der Waals surface area contributed by atoms with Gasteiger partial charge in [0.1, 0.15) is 6.10 Å². The summed E-state index contributed by atoms with van der Waals surface area (Å²) >= 11 is 1.77. The van der Waals surface area contributed by atoms with E-state index in [4.69, 9.17) is 4.74 Å². The topological polar surface area (TPSA) is 65.1 Å². The molecule has 0 aliphatic carbocycles. The fraction of sp³-hybridized carbons (Fsp3) is 0.727. The van der Waals surface area contributed by atoms with Crippen LogP contribution in [0.5, 0.6) is 0 Å². The number of piperazine rings is 1. The van der Waals surface area contributed by atoms with Crippen LogP contribution in [0.2, 0.25) is 0 Å². The minimum atomic E-state index is -0.274. The van der Waals surface area contributed by atoms with Crippen molar-refractivity contribution in [2.24, 2.45) is 5.92 Å². The molecule has 3 saturated heterocycles. The normalized spacial score (nSPS) is 24.8. The minimum absolute atomic E-state index is 0.0221. The van der Waals surface area contributed by atoms with E-state index in [1.165, 1.54) is 17.7 Å². The zero-order valence-corrected chi connectivity index (χ0v) is 18.7. The summed E-state index contributed by atoms with van der Waals surface area (Å²) in [5.74, 6) is 0.873. The van der Waals surface area contributed by atoms with Crippen LogP contribution < -0.4 is 5.32 Å². The summed E-state index contributed by atoms with van der Waals surface area (Å²) in [6.45, 7) is 8.14. The van der Waals surface area contributed by atoms with Crippen LogP contribution in [0.25, 0.3) is 0 Å². The van der Waals surface area contributed by atoms with Gasteiger partial charge in [-0.05, 0) is 56.1 Å². The molecule has 4 heterocycles. The average molecular weight is 435 g/mol. The summed E-state index contributed by atoms with van der Waals surface area (Å²) in [4.78, 5) is 32.8. The molecule has 30 heavy (non-hydrogen) atoms. The molecule has 1 aromatic rings. The van der Waals surface area contributed by atoms with E-state index in [0.29, 0.717) is 39.3 Å². The molecule has 1 N–H and O–H groups in total. The molecular formula is C22H34N4O3S. The van der Waals surface area contributed by atoms with Crippen LogP contribution in [0, 0.1) is 5.92 Å². The SMILES string of the molecule is CC1CCN(C(CNC(=O)N2CCN(C(=O)C3CCCO3)CC2)c2cccs2)CC1. The standard InChI is InChI=1S/C22H34N4O3S/c1-17-6-8-24(9-7-17)18(20-5-3-15-30-20)16-23-22(28)26-12-10-25(11-13-26)21(27)19-4-2-14-29-19/h3,5,15,17-19H,2,4,6-14,16H2,1H3,(H,23,28). The van der Waals surface area contributed by atoms with Crippen LogP contribution in [0.4, 0.5) is 4.79 Å². The number of hydrogen-bond donors (Lipinski definition) is 1. The maximum absolute atomic E-state index is 12.8. The molecule has 3 aliphatic heterocycles. The first-order valence-electron chi connectivity index (χ1n) is 11.3. The molecule has 3 aliphatic rings. The molecule has 3 fully saturated rings. The van der Waals surface area contributed by atoms with E-state index in [0.717, 1.165) is 31.8 Å². The number of hydrogen-bond acceptors (Lipinski definition) is 5. The van der Waals surface area contributed by atoms with Crippen molar-refractivity contribution in [3.63, 3.8) is 0 Å². The summed E-state index contributed by atoms with van der Waals surface area (Å²) in [5.41, 5.74) is 0. The molecule has 166 valence electrons. The first kappa shape index (κ1) is 21.6. The zero-order valence-electron chi connectivity index (χ0n) is 17.9. The molecule has 7 nitrogen and oxygen atoms in total. The van der Waals surface area contributed by atoms with Crippen LogP contribution in [-0.4, -0.2) is 85.2 Å². The van der Waals surface area contributed by atoms with Crippen LogP contribution >= 0.6 is 11.3 Å². The predicted molar refractivity (Wildman–Crippen MR) is 118 cm³/mol. The Balaban J connectivity index is 1.27. The minimum Gasteiger partial charge on any atom is -0.368 e. The van der Waals surface area contributed by atoms with E-state index in [1.54, 1.807) is 11.3 Å². The maximum atomic E-state index is 12.8. The Kier molecular flexibility index (Phi) is 7.28. The molecule has 0 radical (unpaired) electrons. The summed E-state index contributed by atoms with van der Waals surface area (Å²) in [6, 6.07) is 4.48. The third-order valence-electron chi connectivity index (χ3n) is 6.66. The highest BCUT2D eigenvalue weighted by Gasteiger charge is 2.32. The number of rotatable bonds is 5. The van der Waals surface area contributed by atoms with Gasteiger partial charge in [0, 0.05) is 44.2 Å². The average Bonchev–Trinajstić information content (AvgIpc) is 3.49. The van der Waals surface area contributed by atoms with Gasteiger partial charge < -0.3 is 19.9 Å². The molecule has 4 rings (SSSR count). The van der Waals surface area contributed by atoms with Crippen molar-refractivity contribution >= 4 is 23.3 Å². The Labute approximate surface area is 183 Å². The Hall–Kier alpha value is -1.64. The number of thiophene rings is 1. The number of ether oxygens (including phenoxy) is 1. The van der Waals surface area contributed by atoms with Gasteiger partial charge >= 0.3 is 6.03 Å². The molecule has 0 bridgehead atoms. The molecule has 2 atom stereocenters. The highest BCUT2D eigenvalue weighted by Crippen LogP contribution is 2.29. The second-order valence-corrected chi connectivity index (χ2v) is 9.73. The van der Waals surface area contributed by atoms with E-state index in [2.05, 4.69) is 34.7 Å². The number of piperidine rings is 1. The summed E-state index contributed by atoms with van der Waals surface area (Å²) in [5, 5.41) is 5.28. The van der Waals surface area contributed by atoms with Crippen molar-refractivity contribution in [1.82, 2.24) is 20.0 Å². The molecule has 0 aromatic carbocycles. The number of nitrogens with zero attached hydrogens (tertiary/aromatic N) is 3. The van der Waals surface area contributed by atoms with Gasteiger partial charge in [-0.3, -0.25) is 9.69 Å². The maximum Gasteiger partial charge on any atom is 0.317 e. The Morgan fingerprint density at radius 2 is 1.87 bits per heavy atom. The molecular weight excluding hydrogens is 400 g/mol. The van der Waals surface area contributed by atoms with Crippen molar-refractivity contribution in [2.45, 2.75) is 44.8 Å². The van der Waals surface area contributed by atoms with Crippen molar-refractivity contribution < 1.29 is 14.3 Å². The Bertz CT molecular complexity index is 691. The number of nitrogens with one attached hydrogen (secondary N) is 1. The molecule has 2 unspecified atom stereocenters. The van der Waals surface area contributed by atoms with E-state index in [1.807, 2.05) is 9.80 Å². The molecule has 3 amide bonds. The van der Waals surface area contributed by atoms with Gasteiger partial charge in [-0.1, -0.05) is 13.0 Å². The first-order chi connectivity index (χ1) is 14.6. The number of carbonyl (C=O) groups excluding carboxylic acids is 2. The third-order valence-corrected chi connectivity index (χ3v) is 7.63. The fourth-order valence-electron chi connectivity index (χ4n) is 4.63. The lowest BCUT2D eigenvalue weighted by molar-refractivity contribution is -0.142. The van der Waals surface area contributed by atoms with Gasteiger partial charge in [-0.15, -0.1) is 11.3 Å². The largest absolute Gasteiger partial charge is 0.368 e. The van der Waals surface area contributed by atoms with Crippen LogP contribution in [0.15, 0.2) is 17.5 Å². The highest BCUT2D eigenvalue weighted by molar-refractivity contribution is 7.10. The second-order valence-electron chi connectivity index (χ2n) is 8.75. The van der Waals surface area contributed by atoms with Crippen molar-refractivity contribution in [3.8, 4) is 0 Å². The Morgan fingerprint density at radius 1 is 1.13 bits per heavy atom. The first-order valence-corrected chi connectivity index (χ1v) is 12.2. The fourth-order valence-corrected chi connectivity index (χ4v) is 5.49. The van der Waals surface area contributed by atoms with Crippen molar-refractivity contribution in [2.75, 3.05) is 52.4 Å². The van der Waals surface area contributed by atoms with E-state index >= 15 is 0 Å². The Morgan fingerprint density at radius 3 is 2.50 bits per heavy atom. The monoisotopic (exact) mass is 434 g/mol. The molecule has 1 aromatic heterocycles. The summed E-state index contributed by atoms with van der Waals surface area (Å²) in [7, 11) is 0. The number of likely N-dealkylation sites (tertiary alicyclic amines) is 1. The van der Waals surface area contributed by atoms with Gasteiger partial charge in [0.05, 0.1) is 6.04 Å². The van der Waals surface area contributed by atoms with Crippen LogP contribution in [0.1, 0.15) is 43.5 Å². The lowest BCUT2D eigenvalue weighted by Crippen LogP contribution is -2.55. The quantitative estimate of drug-likeness (QED) is 0.774.